The molecule has 2 fully saturated rings. The fourth-order valence-electron chi connectivity index (χ4n) is 3.78. The van der Waals surface area contributed by atoms with Crippen LogP contribution in [0.3, 0.4) is 0 Å². The molecule has 0 bridgehead atoms. The Balaban J connectivity index is 1.93. The minimum atomic E-state index is -4.94. The van der Waals surface area contributed by atoms with Crippen LogP contribution in [-0.2, 0) is 19.9 Å². The van der Waals surface area contributed by atoms with Gasteiger partial charge < -0.3 is 14.7 Å². The first-order valence-electron chi connectivity index (χ1n) is 7.94. The Morgan fingerprint density at radius 2 is 2.08 bits per heavy atom. The maximum Gasteiger partial charge on any atom is 0.471 e. The molecule has 1 aromatic rings. The predicted octanol–water partition coefficient (Wildman–Crippen LogP) is 3.31. The zero-order valence-corrected chi connectivity index (χ0v) is 15.9. The van der Waals surface area contributed by atoms with Gasteiger partial charge in [-0.25, -0.2) is 9.78 Å². The van der Waals surface area contributed by atoms with Crippen molar-refractivity contribution < 1.29 is 32.6 Å². The van der Waals surface area contributed by atoms with E-state index in [0.717, 1.165) is 4.90 Å². The third-order valence-corrected chi connectivity index (χ3v) is 6.77. The van der Waals surface area contributed by atoms with E-state index in [9.17, 15) is 22.8 Å². The first-order chi connectivity index (χ1) is 12.1. The summed E-state index contributed by atoms with van der Waals surface area (Å²) >= 11 is 4.49. The highest BCUT2D eigenvalue weighted by Crippen LogP contribution is 2.53. The highest BCUT2D eigenvalue weighted by atomic mass is 79.9. The van der Waals surface area contributed by atoms with Crippen molar-refractivity contribution >= 4 is 39.1 Å². The van der Waals surface area contributed by atoms with Crippen LogP contribution in [0.15, 0.2) is 9.98 Å². The largest absolute Gasteiger partial charge is 0.480 e. The maximum absolute atomic E-state index is 13.0. The van der Waals surface area contributed by atoms with Gasteiger partial charge in [-0.15, -0.1) is 11.3 Å². The quantitative estimate of drug-likeness (QED) is 0.751. The van der Waals surface area contributed by atoms with Gasteiger partial charge in [-0.1, -0.05) is 0 Å². The number of carbonyl (C=O) groups excluding carboxylic acids is 1. The van der Waals surface area contributed by atoms with Crippen molar-refractivity contribution in [2.24, 2.45) is 0 Å². The van der Waals surface area contributed by atoms with Gasteiger partial charge in [0, 0.05) is 30.3 Å². The molecule has 0 aromatic carbocycles. The van der Waals surface area contributed by atoms with Crippen molar-refractivity contribution in [1.82, 2.24) is 9.88 Å². The van der Waals surface area contributed by atoms with E-state index in [1.807, 2.05) is 0 Å². The Morgan fingerprint density at radius 3 is 2.54 bits per heavy atom. The molecule has 1 unspecified atom stereocenters. The van der Waals surface area contributed by atoms with Crippen LogP contribution in [-0.4, -0.2) is 51.7 Å². The molecule has 26 heavy (non-hydrogen) atoms. The van der Waals surface area contributed by atoms with E-state index in [4.69, 9.17) is 9.84 Å². The van der Waals surface area contributed by atoms with E-state index < -0.39 is 35.8 Å². The molecule has 2 heterocycles. The SMILES string of the molecule is O=C(O)COC1(c2nc(Br)cs2)CCN(C(=O)C(F)(F)F)C2(CCC2)C1. The van der Waals surface area contributed by atoms with Crippen LogP contribution in [0.1, 0.15) is 37.1 Å². The third-order valence-electron chi connectivity index (χ3n) is 5.04. The van der Waals surface area contributed by atoms with Crippen molar-refractivity contribution in [3.63, 3.8) is 0 Å². The first kappa shape index (κ1) is 19.6. The second-order valence-corrected chi connectivity index (χ2v) is 8.28. The van der Waals surface area contributed by atoms with E-state index in [2.05, 4.69) is 20.9 Å². The molecular weight excluding hydrogens is 441 g/mol. The summed E-state index contributed by atoms with van der Waals surface area (Å²) in [5, 5.41) is 11.2. The number of nitrogens with zero attached hydrogens (tertiary/aromatic N) is 2. The van der Waals surface area contributed by atoms with Crippen molar-refractivity contribution in [2.75, 3.05) is 13.2 Å². The van der Waals surface area contributed by atoms with E-state index in [-0.39, 0.29) is 19.4 Å². The lowest BCUT2D eigenvalue weighted by molar-refractivity contribution is -0.211. The number of halogens is 4. The molecule has 1 saturated carbocycles. The maximum atomic E-state index is 13.0. The van der Waals surface area contributed by atoms with Gasteiger partial charge in [0.1, 0.15) is 21.8 Å². The van der Waals surface area contributed by atoms with Gasteiger partial charge >= 0.3 is 18.1 Å². The van der Waals surface area contributed by atoms with Crippen molar-refractivity contribution in [1.29, 1.82) is 0 Å². The monoisotopic (exact) mass is 456 g/mol. The lowest BCUT2D eigenvalue weighted by atomic mass is 9.65. The molecule has 6 nitrogen and oxygen atoms in total. The number of aromatic nitrogens is 1. The predicted molar refractivity (Wildman–Crippen MR) is 88.7 cm³/mol. The molecular formula is C15H16BrF3N2O4S. The fourth-order valence-corrected chi connectivity index (χ4v) is 5.21. The molecule has 1 aliphatic carbocycles. The molecule has 1 saturated heterocycles. The van der Waals surface area contributed by atoms with Crippen molar-refractivity contribution in [3.8, 4) is 0 Å². The molecule has 1 aliphatic heterocycles. The molecule has 2 aliphatic rings. The number of amides is 1. The molecule has 1 atom stereocenters. The Morgan fingerprint density at radius 1 is 1.38 bits per heavy atom. The van der Waals surface area contributed by atoms with E-state index >= 15 is 0 Å². The number of aliphatic carboxylic acids is 1. The Hall–Kier alpha value is -1.20. The van der Waals surface area contributed by atoms with E-state index in [0.29, 0.717) is 28.9 Å². The van der Waals surface area contributed by atoms with Gasteiger partial charge in [-0.3, -0.25) is 4.79 Å². The summed E-state index contributed by atoms with van der Waals surface area (Å²) in [5.74, 6) is -3.01. The fraction of sp³-hybridized carbons (Fsp3) is 0.667. The van der Waals surface area contributed by atoms with Gasteiger partial charge in [0.2, 0.25) is 0 Å². The van der Waals surface area contributed by atoms with Gasteiger partial charge in [-0.2, -0.15) is 13.2 Å². The van der Waals surface area contributed by atoms with Gasteiger partial charge in [-0.05, 0) is 35.2 Å². The molecule has 1 N–H and O–H groups in total. The number of rotatable bonds is 4. The summed E-state index contributed by atoms with van der Waals surface area (Å²) in [4.78, 5) is 28.1. The normalized spacial score (nSPS) is 25.2. The number of alkyl halides is 3. The molecule has 11 heteroatoms. The molecule has 1 aromatic heterocycles. The molecule has 144 valence electrons. The van der Waals surface area contributed by atoms with Gasteiger partial charge in [0.25, 0.3) is 0 Å². The summed E-state index contributed by atoms with van der Waals surface area (Å²) in [5.41, 5.74) is -2.08. The first-order valence-corrected chi connectivity index (χ1v) is 9.61. The highest BCUT2D eigenvalue weighted by Gasteiger charge is 2.59. The smallest absolute Gasteiger partial charge is 0.471 e. The number of carboxylic acid groups (broad SMARTS) is 1. The van der Waals surface area contributed by atoms with Crippen LogP contribution in [0.2, 0.25) is 0 Å². The highest BCUT2D eigenvalue weighted by molar-refractivity contribution is 9.10. The van der Waals surface area contributed by atoms with Crippen LogP contribution < -0.4 is 0 Å². The topological polar surface area (TPSA) is 79.7 Å². The third kappa shape index (κ3) is 3.48. The number of piperidine rings is 1. The average Bonchev–Trinajstić information content (AvgIpc) is 2.96. The van der Waals surface area contributed by atoms with Crippen LogP contribution in [0.25, 0.3) is 0 Å². The van der Waals surface area contributed by atoms with Crippen molar-refractivity contribution in [2.45, 2.75) is 49.4 Å². The molecule has 3 rings (SSSR count). The van der Waals surface area contributed by atoms with Crippen LogP contribution in [0.5, 0.6) is 0 Å². The van der Waals surface area contributed by atoms with Gasteiger partial charge in [0.05, 0.1) is 0 Å². The molecule has 1 amide bonds. The number of carboxylic acids is 1. The van der Waals surface area contributed by atoms with E-state index in [1.54, 1.807) is 5.38 Å². The lowest BCUT2D eigenvalue weighted by Crippen LogP contribution is -2.66. The Bertz CT molecular complexity index is 722. The summed E-state index contributed by atoms with van der Waals surface area (Å²) in [6.07, 6.45) is -3.20. The number of hydrogen-bond acceptors (Lipinski definition) is 5. The van der Waals surface area contributed by atoms with E-state index in [1.165, 1.54) is 11.3 Å². The van der Waals surface area contributed by atoms with Crippen LogP contribution >= 0.6 is 27.3 Å². The summed E-state index contributed by atoms with van der Waals surface area (Å²) in [6, 6.07) is 0. The average molecular weight is 457 g/mol. The van der Waals surface area contributed by atoms with Crippen LogP contribution in [0.4, 0.5) is 13.2 Å². The second-order valence-electron chi connectivity index (χ2n) is 6.61. The summed E-state index contributed by atoms with van der Waals surface area (Å²) in [7, 11) is 0. The van der Waals surface area contributed by atoms with Crippen molar-refractivity contribution in [3.05, 3.63) is 15.0 Å². The number of likely N-dealkylation sites (tertiary alicyclic amines) is 1. The van der Waals surface area contributed by atoms with Gasteiger partial charge in [0.15, 0.2) is 0 Å². The Kier molecular flexibility index (Phi) is 5.08. The minimum Gasteiger partial charge on any atom is -0.480 e. The second kappa shape index (κ2) is 6.75. The lowest BCUT2D eigenvalue weighted by Gasteiger charge is -2.57. The standard InChI is InChI=1S/C15H16BrF3N2O4S/c16-9-7-26-11(20-9)14(25-6-10(22)23)4-5-21(12(24)15(17,18)19)13(8-14)2-1-3-13/h7H,1-6,8H2,(H,22,23). The number of carbonyl (C=O) groups is 2. The zero-order chi connectivity index (χ0) is 19.2. The summed E-state index contributed by atoms with van der Waals surface area (Å²) < 4.78 is 45.2. The number of ether oxygens (including phenoxy) is 1. The summed E-state index contributed by atoms with van der Waals surface area (Å²) in [6.45, 7) is -0.740. The number of thiazole rings is 1. The molecule has 1 spiro atoms. The number of hydrogen-bond donors (Lipinski definition) is 1. The Labute approximate surface area is 159 Å². The zero-order valence-electron chi connectivity index (χ0n) is 13.5. The molecule has 0 radical (unpaired) electrons. The minimum absolute atomic E-state index is 0.0593. The van der Waals surface area contributed by atoms with Crippen LogP contribution in [0, 0.1) is 0 Å².